The van der Waals surface area contributed by atoms with Crippen molar-refractivity contribution in [2.75, 3.05) is 6.54 Å². The molecule has 17 heavy (non-hydrogen) atoms. The number of hydrogen-bond donors (Lipinski definition) is 2. The van der Waals surface area contributed by atoms with Gasteiger partial charge >= 0.3 is 0 Å². The summed E-state index contributed by atoms with van der Waals surface area (Å²) in [7, 11) is 0. The van der Waals surface area contributed by atoms with E-state index in [4.69, 9.17) is 33.7 Å². The van der Waals surface area contributed by atoms with Crippen LogP contribution in [0.25, 0.3) is 0 Å². The molecule has 3 unspecified atom stereocenters. The minimum Gasteiger partial charge on any atom is -0.391 e. The highest BCUT2D eigenvalue weighted by atomic mass is 35.5. The fourth-order valence-electron chi connectivity index (χ4n) is 1.36. The van der Waals surface area contributed by atoms with Crippen LogP contribution in [0.1, 0.15) is 25.5 Å². The van der Waals surface area contributed by atoms with Crippen LogP contribution in [0.2, 0.25) is 10.0 Å². The number of benzene rings is 1. The van der Waals surface area contributed by atoms with Crippen LogP contribution in [0.5, 0.6) is 0 Å². The molecule has 0 saturated heterocycles. The molecule has 1 aromatic carbocycles. The first-order chi connectivity index (χ1) is 7.95. The zero-order valence-electron chi connectivity index (χ0n) is 9.86. The van der Waals surface area contributed by atoms with Crippen molar-refractivity contribution in [1.82, 2.24) is 0 Å². The maximum absolute atomic E-state index is 9.40. The van der Waals surface area contributed by atoms with E-state index in [2.05, 4.69) is 0 Å². The number of aliphatic hydroxyl groups is 1. The number of ether oxygens (including phenoxy) is 1. The van der Waals surface area contributed by atoms with Gasteiger partial charge in [0, 0.05) is 6.54 Å². The van der Waals surface area contributed by atoms with E-state index in [1.165, 1.54) is 0 Å². The molecule has 96 valence electrons. The summed E-state index contributed by atoms with van der Waals surface area (Å²) in [5.41, 5.74) is 6.51. The summed E-state index contributed by atoms with van der Waals surface area (Å²) < 4.78 is 5.67. The molecule has 0 bridgehead atoms. The Morgan fingerprint density at radius 3 is 2.41 bits per heavy atom. The van der Waals surface area contributed by atoms with Crippen LogP contribution < -0.4 is 5.73 Å². The van der Waals surface area contributed by atoms with Crippen LogP contribution in [0.15, 0.2) is 18.2 Å². The van der Waals surface area contributed by atoms with Gasteiger partial charge in [-0.25, -0.2) is 0 Å². The summed E-state index contributed by atoms with van der Waals surface area (Å²) in [4.78, 5) is 0. The first kappa shape index (κ1) is 14.7. The second-order valence-corrected chi connectivity index (χ2v) is 4.79. The Hall–Kier alpha value is -0.320. The summed E-state index contributed by atoms with van der Waals surface area (Å²) in [5, 5.41) is 10.4. The molecule has 0 spiro atoms. The van der Waals surface area contributed by atoms with Gasteiger partial charge < -0.3 is 15.6 Å². The van der Waals surface area contributed by atoms with Crippen molar-refractivity contribution in [3.63, 3.8) is 0 Å². The highest BCUT2D eigenvalue weighted by molar-refractivity contribution is 6.42. The van der Waals surface area contributed by atoms with E-state index in [9.17, 15) is 5.11 Å². The van der Waals surface area contributed by atoms with Crippen LogP contribution in [-0.2, 0) is 4.74 Å². The van der Waals surface area contributed by atoms with Crippen LogP contribution in [0, 0.1) is 0 Å². The molecule has 0 radical (unpaired) electrons. The first-order valence-electron chi connectivity index (χ1n) is 5.44. The minimum atomic E-state index is -0.549. The maximum Gasteiger partial charge on any atom is 0.0952 e. The Labute approximate surface area is 111 Å². The molecule has 0 heterocycles. The normalized spacial score (nSPS) is 16.6. The average Bonchev–Trinajstić information content (AvgIpc) is 2.29. The Bertz CT molecular complexity index is 372. The van der Waals surface area contributed by atoms with Gasteiger partial charge in [0.05, 0.1) is 28.4 Å². The third-order valence-electron chi connectivity index (χ3n) is 2.59. The third-order valence-corrected chi connectivity index (χ3v) is 3.33. The van der Waals surface area contributed by atoms with Crippen LogP contribution in [0.3, 0.4) is 0 Å². The molecular formula is C12H17Cl2NO2. The molecule has 5 heteroatoms. The maximum atomic E-state index is 9.40. The zero-order valence-corrected chi connectivity index (χ0v) is 11.4. The third kappa shape index (κ3) is 4.12. The quantitative estimate of drug-likeness (QED) is 0.870. The molecule has 1 rings (SSSR count). The second-order valence-electron chi connectivity index (χ2n) is 3.98. The molecule has 0 fully saturated rings. The van der Waals surface area contributed by atoms with Crippen molar-refractivity contribution < 1.29 is 9.84 Å². The molecule has 0 aliphatic heterocycles. The van der Waals surface area contributed by atoms with Crippen molar-refractivity contribution in [3.05, 3.63) is 33.8 Å². The van der Waals surface area contributed by atoms with Gasteiger partial charge in [-0.3, -0.25) is 0 Å². The molecule has 3 N–H and O–H groups in total. The lowest BCUT2D eigenvalue weighted by Gasteiger charge is -2.23. The van der Waals surface area contributed by atoms with E-state index in [0.717, 1.165) is 5.56 Å². The fraction of sp³-hybridized carbons (Fsp3) is 0.500. The highest BCUT2D eigenvalue weighted by Gasteiger charge is 2.18. The number of nitrogens with two attached hydrogens (primary N) is 1. The Morgan fingerprint density at radius 1 is 1.29 bits per heavy atom. The van der Waals surface area contributed by atoms with Gasteiger partial charge in [-0.1, -0.05) is 29.3 Å². The zero-order chi connectivity index (χ0) is 13.0. The van der Waals surface area contributed by atoms with E-state index in [-0.39, 0.29) is 12.2 Å². The van der Waals surface area contributed by atoms with E-state index < -0.39 is 6.10 Å². The van der Waals surface area contributed by atoms with Crippen molar-refractivity contribution in [2.45, 2.75) is 32.2 Å². The summed E-state index contributed by atoms with van der Waals surface area (Å²) in [6.45, 7) is 3.78. The van der Waals surface area contributed by atoms with Crippen LogP contribution in [-0.4, -0.2) is 23.9 Å². The smallest absolute Gasteiger partial charge is 0.0952 e. The van der Waals surface area contributed by atoms with Crippen molar-refractivity contribution in [3.8, 4) is 0 Å². The van der Waals surface area contributed by atoms with Crippen molar-refractivity contribution in [2.24, 2.45) is 5.73 Å². The van der Waals surface area contributed by atoms with Crippen LogP contribution in [0.4, 0.5) is 0 Å². The lowest BCUT2D eigenvalue weighted by molar-refractivity contribution is -0.0591. The van der Waals surface area contributed by atoms with E-state index >= 15 is 0 Å². The second kappa shape index (κ2) is 6.57. The predicted molar refractivity (Wildman–Crippen MR) is 70.5 cm³/mol. The topological polar surface area (TPSA) is 55.5 Å². The Balaban J connectivity index is 2.82. The Morgan fingerprint density at radius 2 is 1.94 bits per heavy atom. The monoisotopic (exact) mass is 277 g/mol. The molecular weight excluding hydrogens is 261 g/mol. The van der Waals surface area contributed by atoms with Gasteiger partial charge in [0.15, 0.2) is 0 Å². The lowest BCUT2D eigenvalue weighted by Crippen LogP contribution is -2.28. The standard InChI is InChI=1S/C12H17Cl2NO2/c1-7(16)8(2)17-12(6-15)9-3-4-10(13)11(14)5-9/h3-5,7-8,12,16H,6,15H2,1-2H3. The molecule has 0 saturated carbocycles. The van der Waals surface area contributed by atoms with Gasteiger partial charge in [0.1, 0.15) is 0 Å². The number of halogens is 2. The minimum absolute atomic E-state index is 0.294. The number of rotatable bonds is 5. The van der Waals surface area contributed by atoms with Gasteiger partial charge in [0.25, 0.3) is 0 Å². The van der Waals surface area contributed by atoms with E-state index in [0.29, 0.717) is 16.6 Å². The summed E-state index contributed by atoms with van der Waals surface area (Å²) in [5.74, 6) is 0. The largest absolute Gasteiger partial charge is 0.391 e. The van der Waals surface area contributed by atoms with E-state index in [1.54, 1.807) is 26.0 Å². The molecule has 3 atom stereocenters. The van der Waals surface area contributed by atoms with Gasteiger partial charge in [-0.05, 0) is 31.5 Å². The molecule has 0 amide bonds. The lowest BCUT2D eigenvalue weighted by atomic mass is 10.1. The molecule has 1 aromatic rings. The number of aliphatic hydroxyl groups excluding tert-OH is 1. The van der Waals surface area contributed by atoms with Gasteiger partial charge in [0.2, 0.25) is 0 Å². The summed E-state index contributed by atoms with van der Waals surface area (Å²) in [6, 6.07) is 5.26. The van der Waals surface area contributed by atoms with Crippen LogP contribution >= 0.6 is 23.2 Å². The van der Waals surface area contributed by atoms with E-state index in [1.807, 2.05) is 6.07 Å². The Kier molecular flexibility index (Phi) is 5.70. The molecule has 0 aliphatic rings. The number of hydrogen-bond acceptors (Lipinski definition) is 3. The summed E-state index contributed by atoms with van der Waals surface area (Å²) in [6.07, 6.45) is -1.14. The average molecular weight is 278 g/mol. The first-order valence-corrected chi connectivity index (χ1v) is 6.19. The van der Waals surface area contributed by atoms with Crippen molar-refractivity contribution >= 4 is 23.2 Å². The van der Waals surface area contributed by atoms with Crippen molar-refractivity contribution in [1.29, 1.82) is 0 Å². The van der Waals surface area contributed by atoms with Gasteiger partial charge in [-0.15, -0.1) is 0 Å². The molecule has 3 nitrogen and oxygen atoms in total. The fourth-order valence-corrected chi connectivity index (χ4v) is 1.66. The van der Waals surface area contributed by atoms with Gasteiger partial charge in [-0.2, -0.15) is 0 Å². The molecule has 0 aromatic heterocycles. The molecule has 0 aliphatic carbocycles. The summed E-state index contributed by atoms with van der Waals surface area (Å²) >= 11 is 11.8. The highest BCUT2D eigenvalue weighted by Crippen LogP contribution is 2.27. The predicted octanol–water partition coefficient (Wildman–Crippen LogP) is 2.78. The SMILES string of the molecule is CC(O)C(C)OC(CN)c1ccc(Cl)c(Cl)c1.